The normalized spacial score (nSPS) is 12.9. The molecule has 32 heavy (non-hydrogen) atoms. The number of aryl methyl sites for hydroxylation is 2. The molecule has 0 spiro atoms. The standard InChI is InChI=1S/C25H33N3O4/c1-15(2)12-17(27-24(30)32-25(4,5)6)14-31-18-8-9-19-20-10-11-26-16(3)22(20)23(29)28(7)21(19)13-18/h8-11,13,15,17H,12,14H2,1-7H3,(H,27,30)/t17-/m1/s1. The largest absolute Gasteiger partial charge is 0.491 e. The van der Waals surface area contributed by atoms with Crippen LogP contribution in [0.5, 0.6) is 5.75 Å². The van der Waals surface area contributed by atoms with Gasteiger partial charge in [-0.25, -0.2) is 4.79 Å². The highest BCUT2D eigenvalue weighted by atomic mass is 16.6. The predicted octanol–water partition coefficient (Wildman–Crippen LogP) is 4.71. The number of alkyl carbamates (subject to hydrolysis) is 1. The molecule has 0 saturated heterocycles. The van der Waals surface area contributed by atoms with Crippen molar-refractivity contribution in [1.29, 1.82) is 0 Å². The molecule has 2 aromatic heterocycles. The second-order valence-corrected chi connectivity index (χ2v) is 9.65. The summed E-state index contributed by atoms with van der Waals surface area (Å²) in [7, 11) is 1.76. The lowest BCUT2D eigenvalue weighted by Crippen LogP contribution is -2.42. The molecule has 1 amide bonds. The first-order valence-electron chi connectivity index (χ1n) is 11.0. The molecule has 2 heterocycles. The molecule has 3 rings (SSSR count). The summed E-state index contributed by atoms with van der Waals surface area (Å²) in [5.41, 5.74) is 0.855. The van der Waals surface area contributed by atoms with Crippen LogP contribution >= 0.6 is 0 Å². The summed E-state index contributed by atoms with van der Waals surface area (Å²) in [5, 5.41) is 5.39. The fourth-order valence-electron chi connectivity index (χ4n) is 3.85. The Hall–Kier alpha value is -3.09. The maximum atomic E-state index is 12.9. The molecular weight excluding hydrogens is 406 g/mol. The molecule has 0 fully saturated rings. The van der Waals surface area contributed by atoms with Crippen molar-refractivity contribution in [2.24, 2.45) is 13.0 Å². The highest BCUT2D eigenvalue weighted by molar-refractivity contribution is 6.06. The lowest BCUT2D eigenvalue weighted by atomic mass is 10.0. The van der Waals surface area contributed by atoms with Gasteiger partial charge in [-0.1, -0.05) is 13.8 Å². The van der Waals surface area contributed by atoms with E-state index in [1.165, 1.54) is 0 Å². The van der Waals surface area contributed by atoms with Crippen molar-refractivity contribution in [1.82, 2.24) is 14.9 Å². The third kappa shape index (κ3) is 5.39. The molecule has 3 aromatic rings. The maximum Gasteiger partial charge on any atom is 0.407 e. The molecule has 0 bridgehead atoms. The van der Waals surface area contributed by atoms with Gasteiger partial charge in [0.1, 0.15) is 18.0 Å². The number of amides is 1. The molecular formula is C25H33N3O4. The zero-order valence-electron chi connectivity index (χ0n) is 20.0. The van der Waals surface area contributed by atoms with Crippen LogP contribution in [0.1, 0.15) is 46.7 Å². The van der Waals surface area contributed by atoms with Crippen LogP contribution in [0.4, 0.5) is 4.79 Å². The van der Waals surface area contributed by atoms with Gasteiger partial charge in [0, 0.05) is 24.7 Å². The first-order chi connectivity index (χ1) is 15.0. The number of aromatic nitrogens is 2. The number of nitrogens with one attached hydrogen (secondary N) is 1. The molecule has 7 heteroatoms. The molecule has 0 radical (unpaired) electrons. The lowest BCUT2D eigenvalue weighted by molar-refractivity contribution is 0.0480. The van der Waals surface area contributed by atoms with Gasteiger partial charge in [0.2, 0.25) is 0 Å². The molecule has 0 aliphatic carbocycles. The molecule has 1 aromatic carbocycles. The van der Waals surface area contributed by atoms with Crippen molar-refractivity contribution in [3.63, 3.8) is 0 Å². The number of rotatable bonds is 6. The molecule has 0 aliphatic rings. The highest BCUT2D eigenvalue weighted by Crippen LogP contribution is 2.27. The van der Waals surface area contributed by atoms with Crippen LogP contribution in [0.2, 0.25) is 0 Å². The summed E-state index contributed by atoms with van der Waals surface area (Å²) < 4.78 is 13.1. The highest BCUT2D eigenvalue weighted by Gasteiger charge is 2.21. The molecule has 172 valence electrons. The van der Waals surface area contributed by atoms with Crippen LogP contribution in [0.15, 0.2) is 35.3 Å². The smallest absolute Gasteiger partial charge is 0.407 e. The Balaban J connectivity index is 1.86. The first-order valence-corrected chi connectivity index (χ1v) is 11.0. The topological polar surface area (TPSA) is 82.5 Å². The van der Waals surface area contributed by atoms with Gasteiger partial charge in [-0.15, -0.1) is 0 Å². The second kappa shape index (κ2) is 9.18. The summed E-state index contributed by atoms with van der Waals surface area (Å²) in [5.74, 6) is 1.01. The lowest BCUT2D eigenvalue weighted by Gasteiger charge is -2.25. The monoisotopic (exact) mass is 439 g/mol. The number of ether oxygens (including phenoxy) is 2. The number of carbonyl (C=O) groups excluding carboxylic acids is 1. The fourth-order valence-corrected chi connectivity index (χ4v) is 3.85. The van der Waals surface area contributed by atoms with E-state index in [9.17, 15) is 9.59 Å². The van der Waals surface area contributed by atoms with Gasteiger partial charge in [-0.3, -0.25) is 9.78 Å². The number of pyridine rings is 2. The Morgan fingerprint density at radius 1 is 1.19 bits per heavy atom. The Morgan fingerprint density at radius 2 is 1.91 bits per heavy atom. The summed E-state index contributed by atoms with van der Waals surface area (Å²) in [6, 6.07) is 7.39. The van der Waals surface area contributed by atoms with E-state index in [0.29, 0.717) is 23.7 Å². The van der Waals surface area contributed by atoms with Crippen LogP contribution in [-0.4, -0.2) is 33.9 Å². The minimum atomic E-state index is -0.562. The van der Waals surface area contributed by atoms with Crippen LogP contribution in [-0.2, 0) is 11.8 Å². The fraction of sp³-hybridized carbons (Fsp3) is 0.480. The van der Waals surface area contributed by atoms with E-state index in [1.54, 1.807) is 17.8 Å². The summed E-state index contributed by atoms with van der Waals surface area (Å²) in [4.78, 5) is 29.4. The molecule has 0 unspecified atom stereocenters. The van der Waals surface area contributed by atoms with Gasteiger partial charge in [0.15, 0.2) is 0 Å². The number of nitrogens with zero attached hydrogens (tertiary/aromatic N) is 2. The van der Waals surface area contributed by atoms with E-state index >= 15 is 0 Å². The third-order valence-electron chi connectivity index (χ3n) is 5.21. The SMILES string of the molecule is Cc1nccc2c1c(=O)n(C)c1cc(OC[C@@H](CC(C)C)NC(=O)OC(C)(C)C)ccc21. The summed E-state index contributed by atoms with van der Waals surface area (Å²) >= 11 is 0. The van der Waals surface area contributed by atoms with Crippen LogP contribution < -0.4 is 15.6 Å². The van der Waals surface area contributed by atoms with Crippen molar-refractivity contribution in [3.05, 3.63) is 46.5 Å². The van der Waals surface area contributed by atoms with E-state index in [0.717, 1.165) is 28.4 Å². The molecule has 0 saturated carbocycles. The first kappa shape index (κ1) is 23.6. The van der Waals surface area contributed by atoms with Crippen molar-refractivity contribution in [2.45, 2.75) is 59.6 Å². The maximum absolute atomic E-state index is 12.9. The number of carbonyl (C=O) groups is 1. The molecule has 1 N–H and O–H groups in total. The van der Waals surface area contributed by atoms with Gasteiger partial charge >= 0.3 is 6.09 Å². The predicted molar refractivity (Wildman–Crippen MR) is 127 cm³/mol. The van der Waals surface area contributed by atoms with E-state index in [4.69, 9.17) is 9.47 Å². The van der Waals surface area contributed by atoms with E-state index in [-0.39, 0.29) is 11.6 Å². The van der Waals surface area contributed by atoms with E-state index < -0.39 is 11.7 Å². The van der Waals surface area contributed by atoms with Crippen molar-refractivity contribution >= 4 is 27.8 Å². The zero-order valence-corrected chi connectivity index (χ0v) is 20.0. The van der Waals surface area contributed by atoms with Gasteiger partial charge < -0.3 is 19.4 Å². The molecule has 1 atom stereocenters. The minimum absolute atomic E-state index is 0.0838. The van der Waals surface area contributed by atoms with Crippen LogP contribution in [0.25, 0.3) is 21.7 Å². The van der Waals surface area contributed by atoms with Crippen LogP contribution in [0, 0.1) is 12.8 Å². The average Bonchev–Trinajstić information content (AvgIpc) is 2.68. The third-order valence-corrected chi connectivity index (χ3v) is 5.21. The van der Waals surface area contributed by atoms with Gasteiger partial charge in [0.05, 0.1) is 22.6 Å². The number of benzene rings is 1. The van der Waals surface area contributed by atoms with Crippen molar-refractivity contribution in [2.75, 3.05) is 6.61 Å². The van der Waals surface area contributed by atoms with E-state index in [2.05, 4.69) is 24.1 Å². The summed E-state index contributed by atoms with van der Waals surface area (Å²) in [6.45, 7) is 11.8. The average molecular weight is 440 g/mol. The van der Waals surface area contributed by atoms with Crippen molar-refractivity contribution < 1.29 is 14.3 Å². The number of fused-ring (bicyclic) bond motifs is 3. The Kier molecular flexibility index (Phi) is 6.77. The summed E-state index contributed by atoms with van der Waals surface area (Å²) in [6.07, 6.45) is 2.02. The van der Waals surface area contributed by atoms with Crippen LogP contribution in [0.3, 0.4) is 0 Å². The molecule has 0 aliphatic heterocycles. The Labute approximate surface area is 188 Å². The van der Waals surface area contributed by atoms with Gasteiger partial charge in [0.25, 0.3) is 5.56 Å². The Morgan fingerprint density at radius 3 is 2.56 bits per heavy atom. The van der Waals surface area contributed by atoms with E-state index in [1.807, 2.05) is 52.0 Å². The van der Waals surface area contributed by atoms with Gasteiger partial charge in [-0.2, -0.15) is 0 Å². The minimum Gasteiger partial charge on any atom is -0.491 e. The van der Waals surface area contributed by atoms with Gasteiger partial charge in [-0.05, 0) is 63.6 Å². The number of hydrogen-bond acceptors (Lipinski definition) is 5. The van der Waals surface area contributed by atoms with Crippen molar-refractivity contribution in [3.8, 4) is 5.75 Å². The second-order valence-electron chi connectivity index (χ2n) is 9.65. The molecule has 7 nitrogen and oxygen atoms in total. The number of hydrogen-bond donors (Lipinski definition) is 1. The quantitative estimate of drug-likeness (QED) is 0.562. The zero-order chi connectivity index (χ0) is 23.6. The Bertz CT molecular complexity index is 1190.